The number of carbonyl (C=O) groups is 2. The van der Waals surface area contributed by atoms with E-state index in [9.17, 15) is 18.0 Å². The van der Waals surface area contributed by atoms with E-state index in [0.717, 1.165) is 36.0 Å². The molecule has 1 aliphatic heterocycles. The highest BCUT2D eigenvalue weighted by Gasteiger charge is 2.27. The highest BCUT2D eigenvalue weighted by Crippen LogP contribution is 2.31. The van der Waals surface area contributed by atoms with Crippen molar-refractivity contribution in [3.8, 4) is 0 Å². The van der Waals surface area contributed by atoms with Crippen LogP contribution in [-0.2, 0) is 24.1 Å². The van der Waals surface area contributed by atoms with Crippen LogP contribution in [0.4, 0.5) is 5.13 Å². The smallest absolute Gasteiger partial charge is 0.264 e. The number of ether oxygens (including phenoxy) is 2. The summed E-state index contributed by atoms with van der Waals surface area (Å²) in [7, 11) is -1.85. The van der Waals surface area contributed by atoms with Gasteiger partial charge in [0.15, 0.2) is 15.0 Å². The molecule has 0 saturated carbocycles. The number of sulfone groups is 1. The first kappa shape index (κ1) is 24.3. The van der Waals surface area contributed by atoms with E-state index in [4.69, 9.17) is 9.47 Å². The first-order valence-corrected chi connectivity index (χ1v) is 12.9. The minimum absolute atomic E-state index is 0.0785. The zero-order valence-electron chi connectivity index (χ0n) is 18.0. The van der Waals surface area contributed by atoms with Crippen molar-refractivity contribution in [2.75, 3.05) is 38.6 Å². The van der Waals surface area contributed by atoms with Crippen LogP contribution in [0.5, 0.6) is 0 Å². The quantitative estimate of drug-likeness (QED) is 0.527. The highest BCUT2D eigenvalue weighted by molar-refractivity contribution is 7.90. The molecule has 32 heavy (non-hydrogen) atoms. The molecule has 1 aromatic carbocycles. The van der Waals surface area contributed by atoms with Crippen LogP contribution in [0.2, 0.25) is 0 Å². The van der Waals surface area contributed by atoms with Crippen LogP contribution in [0, 0.1) is 5.92 Å². The summed E-state index contributed by atoms with van der Waals surface area (Å²) in [5.74, 6) is -0.746. The largest absolute Gasteiger partial charge is 0.381 e. The maximum absolute atomic E-state index is 13.2. The Morgan fingerprint density at radius 3 is 2.56 bits per heavy atom. The lowest BCUT2D eigenvalue weighted by molar-refractivity contribution is -0.118. The number of nitrogens with one attached hydrogen (secondary N) is 2. The maximum atomic E-state index is 13.2. The van der Waals surface area contributed by atoms with Gasteiger partial charge in [0.1, 0.15) is 11.6 Å². The van der Waals surface area contributed by atoms with E-state index in [-0.39, 0.29) is 23.4 Å². The summed E-state index contributed by atoms with van der Waals surface area (Å²) in [6.45, 7) is 1.41. The molecule has 0 spiro atoms. The van der Waals surface area contributed by atoms with Crippen molar-refractivity contribution in [3.63, 3.8) is 0 Å². The Morgan fingerprint density at radius 2 is 1.94 bits per heavy atom. The highest BCUT2D eigenvalue weighted by atomic mass is 32.2. The summed E-state index contributed by atoms with van der Waals surface area (Å²) < 4.78 is 33.8. The van der Waals surface area contributed by atoms with E-state index in [2.05, 4.69) is 15.6 Å². The third kappa shape index (κ3) is 6.58. The molecular weight excluding hydrogens is 454 g/mol. The molecule has 1 atom stereocenters. The molecule has 2 amide bonds. The Hall–Kier alpha value is -2.34. The van der Waals surface area contributed by atoms with Gasteiger partial charge >= 0.3 is 0 Å². The molecule has 0 bridgehead atoms. The fourth-order valence-electron chi connectivity index (χ4n) is 3.51. The van der Waals surface area contributed by atoms with Crippen molar-refractivity contribution in [3.05, 3.63) is 40.9 Å². The van der Waals surface area contributed by atoms with Crippen molar-refractivity contribution >= 4 is 38.1 Å². The molecule has 0 aliphatic carbocycles. The lowest BCUT2D eigenvalue weighted by Gasteiger charge is -2.26. The molecule has 1 fully saturated rings. The maximum Gasteiger partial charge on any atom is 0.264 e. The van der Waals surface area contributed by atoms with Gasteiger partial charge in [-0.25, -0.2) is 13.4 Å². The van der Waals surface area contributed by atoms with Gasteiger partial charge in [-0.3, -0.25) is 9.59 Å². The van der Waals surface area contributed by atoms with Gasteiger partial charge < -0.3 is 20.1 Å². The van der Waals surface area contributed by atoms with Gasteiger partial charge in [0.25, 0.3) is 5.91 Å². The lowest BCUT2D eigenvalue weighted by Crippen LogP contribution is -2.26. The predicted octanol–water partition coefficient (Wildman–Crippen LogP) is 2.42. The third-order valence-corrected chi connectivity index (χ3v) is 7.31. The van der Waals surface area contributed by atoms with Crippen LogP contribution in [0.25, 0.3) is 0 Å². The lowest BCUT2D eigenvalue weighted by atomic mass is 9.84. The Bertz CT molecular complexity index is 1030. The molecule has 1 unspecified atom stereocenters. The second-order valence-electron chi connectivity index (χ2n) is 7.64. The summed E-state index contributed by atoms with van der Waals surface area (Å²) in [6, 6.07) is 6.42. The Labute approximate surface area is 191 Å². The molecule has 174 valence electrons. The SMILES string of the molecule is COCNC(=O)c1cnc(NC(=O)C(CC2CCOCC2)c2ccc(S(C)(=O)=O)cc2)s1. The summed E-state index contributed by atoms with van der Waals surface area (Å²) in [6.07, 6.45) is 4.90. The first-order valence-electron chi connectivity index (χ1n) is 10.2. The Morgan fingerprint density at radius 1 is 1.25 bits per heavy atom. The van der Waals surface area contributed by atoms with Gasteiger partial charge in [-0.1, -0.05) is 23.5 Å². The average Bonchev–Trinajstić information content (AvgIpc) is 3.24. The molecular formula is C21H27N3O6S2. The van der Waals surface area contributed by atoms with Crippen LogP contribution >= 0.6 is 11.3 Å². The normalized spacial score (nSPS) is 15.8. The predicted molar refractivity (Wildman–Crippen MR) is 121 cm³/mol. The van der Waals surface area contributed by atoms with Gasteiger partial charge in [0.05, 0.1) is 17.0 Å². The minimum Gasteiger partial charge on any atom is -0.381 e. The van der Waals surface area contributed by atoms with Crippen molar-refractivity contribution in [2.45, 2.75) is 30.1 Å². The number of carbonyl (C=O) groups excluding carboxylic acids is 2. The molecule has 9 nitrogen and oxygen atoms in total. The number of benzene rings is 1. The molecule has 1 aliphatic rings. The molecule has 2 heterocycles. The zero-order valence-corrected chi connectivity index (χ0v) is 19.6. The number of hydrogen-bond donors (Lipinski definition) is 2. The monoisotopic (exact) mass is 481 g/mol. The van der Waals surface area contributed by atoms with Gasteiger partial charge in [-0.2, -0.15) is 0 Å². The van der Waals surface area contributed by atoms with Crippen molar-refractivity contribution in [1.82, 2.24) is 10.3 Å². The first-order chi connectivity index (χ1) is 15.3. The van der Waals surface area contributed by atoms with Crippen molar-refractivity contribution in [1.29, 1.82) is 0 Å². The zero-order chi connectivity index (χ0) is 23.1. The Kier molecular flexibility index (Phi) is 8.35. The van der Waals surface area contributed by atoms with Crippen molar-refractivity contribution < 1.29 is 27.5 Å². The number of amides is 2. The summed E-state index contributed by atoms with van der Waals surface area (Å²) in [4.78, 5) is 29.9. The molecule has 1 aromatic heterocycles. The minimum atomic E-state index is -3.33. The number of rotatable bonds is 9. The number of aromatic nitrogens is 1. The molecule has 2 N–H and O–H groups in total. The van der Waals surface area contributed by atoms with Gasteiger partial charge in [0.2, 0.25) is 5.91 Å². The number of anilines is 1. The molecule has 0 radical (unpaired) electrons. The van der Waals surface area contributed by atoms with E-state index >= 15 is 0 Å². The molecule has 3 rings (SSSR count). The second kappa shape index (κ2) is 11.0. The van der Waals surface area contributed by atoms with E-state index in [1.807, 2.05) is 0 Å². The van der Waals surface area contributed by atoms with E-state index in [1.54, 1.807) is 12.1 Å². The second-order valence-corrected chi connectivity index (χ2v) is 10.7. The van der Waals surface area contributed by atoms with E-state index in [0.29, 0.717) is 35.6 Å². The third-order valence-electron chi connectivity index (χ3n) is 5.27. The fourth-order valence-corrected chi connectivity index (χ4v) is 4.88. The Balaban J connectivity index is 1.77. The van der Waals surface area contributed by atoms with E-state index < -0.39 is 15.8 Å². The van der Waals surface area contributed by atoms with Crippen LogP contribution in [0.3, 0.4) is 0 Å². The van der Waals surface area contributed by atoms with Gasteiger partial charge in [-0.15, -0.1) is 0 Å². The van der Waals surface area contributed by atoms with Gasteiger partial charge in [-0.05, 0) is 42.9 Å². The van der Waals surface area contributed by atoms with Crippen LogP contribution in [0.1, 0.15) is 40.4 Å². The average molecular weight is 482 g/mol. The number of nitrogens with zero attached hydrogens (tertiary/aromatic N) is 1. The van der Waals surface area contributed by atoms with Crippen LogP contribution in [0.15, 0.2) is 35.4 Å². The van der Waals surface area contributed by atoms with E-state index in [1.165, 1.54) is 25.4 Å². The number of methoxy groups -OCH3 is 1. The topological polar surface area (TPSA) is 124 Å². The fraction of sp³-hybridized carbons (Fsp3) is 0.476. The standard InChI is InChI=1S/C21H27N3O6S2/c1-29-13-23-20(26)18-12-22-21(31-18)24-19(25)17(11-14-7-9-30-10-8-14)15-3-5-16(6-4-15)32(2,27)28/h3-6,12,14,17H,7-11,13H2,1-2H3,(H,23,26)(H,22,24,25). The van der Waals surface area contributed by atoms with Crippen molar-refractivity contribution in [2.24, 2.45) is 5.92 Å². The molecule has 2 aromatic rings. The summed E-state index contributed by atoms with van der Waals surface area (Å²) in [5, 5.41) is 5.71. The van der Waals surface area contributed by atoms with Gasteiger partial charge in [0, 0.05) is 26.6 Å². The number of thiazole rings is 1. The molecule has 11 heteroatoms. The van der Waals surface area contributed by atoms with Crippen LogP contribution in [-0.4, -0.2) is 58.5 Å². The summed E-state index contributed by atoms with van der Waals surface area (Å²) >= 11 is 1.07. The van der Waals surface area contributed by atoms with Crippen LogP contribution < -0.4 is 10.6 Å². The number of hydrogen-bond acceptors (Lipinski definition) is 8. The summed E-state index contributed by atoms with van der Waals surface area (Å²) in [5.41, 5.74) is 0.732. The molecule has 1 saturated heterocycles.